The van der Waals surface area contributed by atoms with Crippen LogP contribution in [-0.2, 0) is 71.1 Å². The van der Waals surface area contributed by atoms with Crippen molar-refractivity contribution in [3.63, 3.8) is 0 Å². The van der Waals surface area contributed by atoms with Crippen LogP contribution in [-0.4, -0.2) is 246 Å². The molecular formula is C56H92O24. The Kier molecular flexibility index (Phi) is 20.2. The first-order valence-corrected chi connectivity index (χ1v) is 29.0. The molecule has 0 bridgehead atoms. The SMILES string of the molecule is CO[C@@H]1[C@@H](O)[C@H](O[C@@H]2[C@@H](OC)C[C@H](O[C@H]3CC[C@@]4(C)C(=CC[C@@H]5[C@H]6CC[C@H]([C@H](C)O[C@H]7O[C@H](C)[C@H](O)[C@@H](OC)[C@H]7O[C@H]7O[C@H](CO[C@@H]8O[C@H](CO)[C@@H](O)[C@H](O)[C@H]8O)[C@@H](O)[C@H](O)[C@@H]7O)[C@@]6(C)CC[C@@H]54)C3)O[C@@H]2C)O[C@@H](C)[C@@H]1OC(C)=O. The van der Waals surface area contributed by atoms with E-state index < -0.39 is 167 Å². The van der Waals surface area contributed by atoms with E-state index in [0.29, 0.717) is 24.2 Å². The lowest BCUT2D eigenvalue weighted by atomic mass is 9.47. The number of carbonyl (C=O) groups excluding carboxylic acids is 1. The summed E-state index contributed by atoms with van der Waals surface area (Å²) in [7, 11) is 4.47. The van der Waals surface area contributed by atoms with Crippen LogP contribution in [0.25, 0.3) is 0 Å². The Hall–Kier alpha value is -1.67. The van der Waals surface area contributed by atoms with Crippen LogP contribution in [0.5, 0.6) is 0 Å². The molecule has 460 valence electrons. The van der Waals surface area contributed by atoms with Crippen LogP contribution in [0.3, 0.4) is 0 Å². The van der Waals surface area contributed by atoms with E-state index in [1.165, 1.54) is 26.7 Å². The van der Waals surface area contributed by atoms with Gasteiger partial charge in [-0.2, -0.15) is 0 Å². The van der Waals surface area contributed by atoms with E-state index in [9.17, 15) is 50.8 Å². The smallest absolute Gasteiger partial charge is 0.303 e. The van der Waals surface area contributed by atoms with Crippen molar-refractivity contribution in [2.24, 2.45) is 34.5 Å². The minimum atomic E-state index is -1.81. The molecule has 24 heteroatoms. The molecule has 0 unspecified atom stereocenters. The predicted octanol–water partition coefficient (Wildman–Crippen LogP) is 0.0732. The van der Waals surface area contributed by atoms with Gasteiger partial charge in [-0.25, -0.2) is 0 Å². The van der Waals surface area contributed by atoms with Crippen molar-refractivity contribution >= 4 is 5.97 Å². The fourth-order valence-electron chi connectivity index (χ4n) is 15.7. The molecule has 32 atom stereocenters. The van der Waals surface area contributed by atoms with Crippen LogP contribution in [0.4, 0.5) is 0 Å². The van der Waals surface area contributed by atoms with Gasteiger partial charge in [0.15, 0.2) is 37.6 Å². The second-order valence-corrected chi connectivity index (χ2v) is 24.7. The van der Waals surface area contributed by atoms with Gasteiger partial charge in [0, 0.05) is 34.7 Å². The zero-order valence-electron chi connectivity index (χ0n) is 47.8. The largest absolute Gasteiger partial charge is 0.457 e. The summed E-state index contributed by atoms with van der Waals surface area (Å²) in [5.74, 6) is 1.02. The Bertz CT molecular complexity index is 2070. The van der Waals surface area contributed by atoms with Crippen LogP contribution in [0.1, 0.15) is 106 Å². The maximum Gasteiger partial charge on any atom is 0.303 e. The quantitative estimate of drug-likeness (QED) is 0.0688. The molecule has 0 aromatic carbocycles. The van der Waals surface area contributed by atoms with Crippen molar-refractivity contribution in [1.82, 2.24) is 0 Å². The molecule has 5 heterocycles. The number of allylic oxidation sites excluding steroid dienone is 1. The highest BCUT2D eigenvalue weighted by molar-refractivity contribution is 5.66. The van der Waals surface area contributed by atoms with Gasteiger partial charge in [-0.15, -0.1) is 0 Å². The van der Waals surface area contributed by atoms with Crippen molar-refractivity contribution in [3.05, 3.63) is 11.6 Å². The number of ether oxygens (including phenoxy) is 14. The minimum Gasteiger partial charge on any atom is -0.457 e. The molecule has 24 nitrogen and oxygen atoms in total. The monoisotopic (exact) mass is 1150 g/mol. The van der Waals surface area contributed by atoms with Gasteiger partial charge >= 0.3 is 5.97 Å². The van der Waals surface area contributed by atoms with E-state index in [0.717, 1.165) is 51.4 Å². The Morgan fingerprint density at radius 3 is 1.94 bits per heavy atom. The summed E-state index contributed by atoms with van der Waals surface area (Å²) in [6, 6.07) is 0. The van der Waals surface area contributed by atoms with Gasteiger partial charge in [-0.05, 0) is 114 Å². The van der Waals surface area contributed by atoms with Gasteiger partial charge in [-0.1, -0.05) is 25.5 Å². The van der Waals surface area contributed by atoms with Crippen molar-refractivity contribution in [2.75, 3.05) is 34.5 Å². The third kappa shape index (κ3) is 12.1. The molecule has 80 heavy (non-hydrogen) atoms. The Morgan fingerprint density at radius 2 is 1.26 bits per heavy atom. The number of carbonyl (C=O) groups is 1. The molecule has 0 aromatic rings. The van der Waals surface area contributed by atoms with Crippen molar-refractivity contribution in [1.29, 1.82) is 0 Å². The van der Waals surface area contributed by atoms with Gasteiger partial charge < -0.3 is 112 Å². The highest BCUT2D eigenvalue weighted by Gasteiger charge is 2.61. The molecule has 0 radical (unpaired) electrons. The molecule has 8 fully saturated rings. The summed E-state index contributed by atoms with van der Waals surface area (Å²) in [5.41, 5.74) is 1.39. The third-order valence-corrected chi connectivity index (χ3v) is 20.2. The zero-order valence-corrected chi connectivity index (χ0v) is 47.8. The summed E-state index contributed by atoms with van der Waals surface area (Å²) in [6.45, 7) is 12.3. The molecule has 0 aromatic heterocycles. The average Bonchev–Trinajstić information content (AvgIpc) is 3.95. The molecule has 9 rings (SSSR count). The number of methoxy groups -OCH3 is 3. The second-order valence-electron chi connectivity index (χ2n) is 24.7. The van der Waals surface area contributed by atoms with Gasteiger partial charge in [0.25, 0.3) is 0 Å². The lowest BCUT2D eigenvalue weighted by molar-refractivity contribution is -0.376. The standard InChI is InChI=1S/C56H92O24/c1-23(72-54-50(48(68-9)38(59)24(2)73-54)80-52-44(65)42(63)40(61)36(78-52)22-70-51-43(64)41(62)39(60)35(21-57)77-51)31-13-14-32-30-12-11-28-19-29(15-17-55(28,6)33(30)16-18-56(31,32)7)76-37-20-34(67-8)46(25(3)71-37)79-53-45(66)49(69-10)47(26(4)74-53)75-27(5)58/h11,23-26,29-54,57,59-66H,12-22H2,1-10H3/t23-,24+,25+,26-,29-,30+,31+,32+,33-,34-,35+,36+,37-,38-,39+,40+,41-,42-,43+,44-,45+,46-,47-,48+,49+,50+,51+,52+,53-,54-,55-,56+/m0/s1. The first-order chi connectivity index (χ1) is 38.0. The second kappa shape index (κ2) is 25.7. The number of rotatable bonds is 17. The third-order valence-electron chi connectivity index (χ3n) is 20.2. The zero-order chi connectivity index (χ0) is 57.9. The molecule has 5 saturated heterocycles. The number of fused-ring (bicyclic) bond motifs is 5. The number of aliphatic hydroxyl groups excluding tert-OH is 9. The fourth-order valence-corrected chi connectivity index (χ4v) is 15.7. The van der Waals surface area contributed by atoms with E-state index in [1.54, 1.807) is 21.0 Å². The lowest BCUT2D eigenvalue weighted by Gasteiger charge is -2.58. The molecule has 5 aliphatic heterocycles. The highest BCUT2D eigenvalue weighted by atomic mass is 16.8. The van der Waals surface area contributed by atoms with Gasteiger partial charge in [0.1, 0.15) is 85.5 Å². The van der Waals surface area contributed by atoms with Crippen LogP contribution in [0.15, 0.2) is 11.6 Å². The molecular weight excluding hydrogens is 1060 g/mol. The van der Waals surface area contributed by atoms with Gasteiger partial charge in [0.05, 0.1) is 49.8 Å². The van der Waals surface area contributed by atoms with Gasteiger partial charge in [-0.3, -0.25) is 4.79 Å². The Morgan fingerprint density at radius 1 is 0.637 bits per heavy atom. The predicted molar refractivity (Wildman–Crippen MR) is 274 cm³/mol. The summed E-state index contributed by atoms with van der Waals surface area (Å²) in [6.07, 6.45) is -18.1. The highest BCUT2D eigenvalue weighted by Crippen LogP contribution is 2.67. The first kappa shape index (κ1) is 62.8. The molecule has 0 amide bonds. The van der Waals surface area contributed by atoms with Crippen LogP contribution in [0, 0.1) is 34.5 Å². The molecule has 0 spiro atoms. The van der Waals surface area contributed by atoms with Crippen molar-refractivity contribution in [2.45, 2.75) is 266 Å². The summed E-state index contributed by atoms with van der Waals surface area (Å²) < 4.78 is 85.1. The normalized spacial score (nSPS) is 52.0. The van der Waals surface area contributed by atoms with E-state index in [2.05, 4.69) is 19.9 Å². The van der Waals surface area contributed by atoms with E-state index in [-0.39, 0.29) is 29.0 Å². The fraction of sp³-hybridized carbons (Fsp3) is 0.946. The van der Waals surface area contributed by atoms with Crippen LogP contribution >= 0.6 is 0 Å². The topological polar surface area (TPSA) is 328 Å². The molecule has 9 N–H and O–H groups in total. The number of hydrogen-bond donors (Lipinski definition) is 9. The maximum absolute atomic E-state index is 11.8. The van der Waals surface area contributed by atoms with Crippen molar-refractivity contribution in [3.8, 4) is 0 Å². The number of hydrogen-bond acceptors (Lipinski definition) is 24. The van der Waals surface area contributed by atoms with Crippen LogP contribution in [0.2, 0.25) is 0 Å². The van der Waals surface area contributed by atoms with Crippen LogP contribution < -0.4 is 0 Å². The molecule has 9 aliphatic rings. The summed E-state index contributed by atoms with van der Waals surface area (Å²) in [4.78, 5) is 11.8. The maximum atomic E-state index is 11.8. The number of aliphatic hydroxyl groups is 9. The number of esters is 1. The molecule has 4 aliphatic carbocycles. The lowest BCUT2D eigenvalue weighted by Crippen LogP contribution is -2.65. The Labute approximate surface area is 468 Å². The van der Waals surface area contributed by atoms with E-state index in [4.69, 9.17) is 66.3 Å². The van der Waals surface area contributed by atoms with Crippen molar-refractivity contribution < 1.29 is 117 Å². The first-order valence-electron chi connectivity index (χ1n) is 29.0. The summed E-state index contributed by atoms with van der Waals surface area (Å²) in [5, 5.41) is 96.4. The van der Waals surface area contributed by atoms with E-state index >= 15 is 0 Å². The molecule has 3 saturated carbocycles. The Balaban J connectivity index is 0.812. The minimum absolute atomic E-state index is 0.0125. The van der Waals surface area contributed by atoms with E-state index in [1.807, 2.05) is 13.8 Å². The van der Waals surface area contributed by atoms with Gasteiger partial charge in [0.2, 0.25) is 0 Å². The summed E-state index contributed by atoms with van der Waals surface area (Å²) >= 11 is 0. The average molecular weight is 1150 g/mol.